The van der Waals surface area contributed by atoms with Gasteiger partial charge in [-0.05, 0) is 12.2 Å². The fourth-order valence-electron chi connectivity index (χ4n) is 0.168. The molecule has 0 aliphatic heterocycles. The van der Waals surface area contributed by atoms with Gasteiger partial charge in [-0.2, -0.15) is 5.21 Å². The second-order valence-corrected chi connectivity index (χ2v) is 1.13. The number of tetrazole rings is 1. The van der Waals surface area contributed by atoms with Gasteiger partial charge in [-0.3, -0.25) is 5.10 Å². The number of aromatic nitrogens is 4. The van der Waals surface area contributed by atoms with E-state index in [-0.39, 0.29) is 59.1 Å². The van der Waals surface area contributed by atoms with E-state index < -0.39 is 0 Å². The van der Waals surface area contributed by atoms with Gasteiger partial charge in [-0.15, -0.1) is 0 Å². The minimum absolute atomic E-state index is 0. The Morgan fingerprint density at radius 1 is 1.38 bits per heavy atom. The first-order valence-corrected chi connectivity index (χ1v) is 1.76. The average Bonchev–Trinajstić information content (AvgIpc) is 1.86. The van der Waals surface area contributed by atoms with Crippen molar-refractivity contribution in [3.8, 4) is 0 Å². The van der Waals surface area contributed by atoms with Gasteiger partial charge in [0.1, 0.15) is 0 Å². The summed E-state index contributed by atoms with van der Waals surface area (Å²) in [6, 6.07) is 0. The number of nitrogens with one attached hydrogen (secondary N) is 2. The zero-order valence-electron chi connectivity index (χ0n) is 4.80. The Balaban J connectivity index is 0. The number of hydrogen-bond acceptors (Lipinski definition) is 3. The summed E-state index contributed by atoms with van der Waals surface area (Å²) >= 11 is 4.48. The van der Waals surface area contributed by atoms with Crippen LogP contribution in [0.2, 0.25) is 0 Å². The maximum Gasteiger partial charge on any atom is 1.00 e. The standard InChI is InChI=1S/CH2N4S.2Na/c6-1-2-4-5-3-1;;/h(H2,2,3,4,5,6);;/q;2*+1. The molecule has 0 aromatic carbocycles. The van der Waals surface area contributed by atoms with Crippen LogP contribution in [-0.2, 0) is 0 Å². The number of H-pyrrole nitrogens is 2. The molecular weight excluding hydrogens is 146 g/mol. The molecule has 0 radical (unpaired) electrons. The van der Waals surface area contributed by atoms with E-state index in [0.717, 1.165) is 0 Å². The molecule has 4 nitrogen and oxygen atoms in total. The summed E-state index contributed by atoms with van der Waals surface area (Å²) in [7, 11) is 0. The second kappa shape index (κ2) is 6.41. The predicted octanol–water partition coefficient (Wildman–Crippen LogP) is -6.13. The second-order valence-electron chi connectivity index (χ2n) is 0.742. The number of hydrogen-bond donors (Lipinski definition) is 2. The molecule has 0 saturated heterocycles. The summed E-state index contributed by atoms with van der Waals surface area (Å²) in [6.07, 6.45) is 0. The molecule has 1 aromatic heterocycles. The molecular formula is CH2N4Na2S+2. The van der Waals surface area contributed by atoms with Crippen LogP contribution < -0.4 is 59.1 Å². The normalized spacial score (nSPS) is 6.50. The quantitative estimate of drug-likeness (QED) is 0.284. The van der Waals surface area contributed by atoms with E-state index in [0.29, 0.717) is 4.77 Å². The van der Waals surface area contributed by atoms with Crippen LogP contribution in [-0.4, -0.2) is 20.6 Å². The summed E-state index contributed by atoms with van der Waals surface area (Å²) in [5, 5.41) is 11.5. The zero-order valence-corrected chi connectivity index (χ0v) is 9.62. The van der Waals surface area contributed by atoms with E-state index in [2.05, 4.69) is 32.8 Å². The molecule has 1 aromatic rings. The smallest absolute Gasteiger partial charge is 0.256 e. The third-order valence-corrected chi connectivity index (χ3v) is 0.537. The van der Waals surface area contributed by atoms with Crippen LogP contribution >= 0.6 is 12.2 Å². The molecule has 0 unspecified atom stereocenters. The van der Waals surface area contributed by atoms with Gasteiger partial charge < -0.3 is 0 Å². The van der Waals surface area contributed by atoms with Crippen molar-refractivity contribution in [3.63, 3.8) is 0 Å². The van der Waals surface area contributed by atoms with Crippen LogP contribution in [0.15, 0.2) is 0 Å². The van der Waals surface area contributed by atoms with Crippen molar-refractivity contribution in [2.24, 2.45) is 0 Å². The van der Waals surface area contributed by atoms with E-state index in [1.54, 1.807) is 0 Å². The van der Waals surface area contributed by atoms with Crippen LogP contribution in [0.4, 0.5) is 0 Å². The molecule has 0 amide bonds. The third-order valence-electron chi connectivity index (χ3n) is 0.354. The SMILES string of the molecule is S=c1nn[nH][nH]1.[Na+].[Na+]. The summed E-state index contributed by atoms with van der Waals surface area (Å²) in [5.41, 5.74) is 0. The van der Waals surface area contributed by atoms with Crippen LogP contribution in [0, 0.1) is 4.77 Å². The largest absolute Gasteiger partial charge is 1.00 e. The zero-order chi connectivity index (χ0) is 4.41. The van der Waals surface area contributed by atoms with E-state index in [4.69, 9.17) is 0 Å². The Bertz CT molecular complexity index is 152. The molecule has 1 rings (SSSR count). The molecule has 8 heavy (non-hydrogen) atoms. The van der Waals surface area contributed by atoms with Gasteiger partial charge in [0.2, 0.25) is 4.77 Å². The minimum Gasteiger partial charge on any atom is -0.256 e. The number of nitrogens with zero attached hydrogens (tertiary/aromatic N) is 2. The van der Waals surface area contributed by atoms with Crippen molar-refractivity contribution >= 4 is 12.2 Å². The van der Waals surface area contributed by atoms with E-state index in [1.165, 1.54) is 0 Å². The van der Waals surface area contributed by atoms with Gasteiger partial charge in [0, 0.05) is 0 Å². The number of rotatable bonds is 0. The first kappa shape index (κ1) is 12.0. The maximum atomic E-state index is 4.48. The van der Waals surface area contributed by atoms with Crippen LogP contribution in [0.25, 0.3) is 0 Å². The predicted molar refractivity (Wildman–Crippen MR) is 21.6 cm³/mol. The Labute approximate surface area is 95.4 Å². The molecule has 0 aliphatic carbocycles. The minimum atomic E-state index is 0. The molecule has 0 fully saturated rings. The van der Waals surface area contributed by atoms with E-state index in [1.807, 2.05) is 0 Å². The van der Waals surface area contributed by atoms with Gasteiger partial charge in [0.25, 0.3) is 0 Å². The Kier molecular flexibility index (Phi) is 9.63. The molecule has 7 heteroatoms. The van der Waals surface area contributed by atoms with Crippen molar-refractivity contribution in [2.45, 2.75) is 0 Å². The van der Waals surface area contributed by atoms with Crippen LogP contribution in [0.5, 0.6) is 0 Å². The third kappa shape index (κ3) is 4.20. The van der Waals surface area contributed by atoms with Crippen LogP contribution in [0.1, 0.15) is 0 Å². The van der Waals surface area contributed by atoms with E-state index >= 15 is 0 Å². The molecule has 2 N–H and O–H groups in total. The average molecular weight is 148 g/mol. The molecule has 0 bridgehead atoms. The first-order valence-electron chi connectivity index (χ1n) is 1.35. The summed E-state index contributed by atoms with van der Waals surface area (Å²) in [5.74, 6) is 0. The molecule has 32 valence electrons. The van der Waals surface area contributed by atoms with Gasteiger partial charge >= 0.3 is 59.1 Å². The Hall–Kier alpha value is 1.29. The van der Waals surface area contributed by atoms with Crippen molar-refractivity contribution < 1.29 is 59.1 Å². The summed E-state index contributed by atoms with van der Waals surface area (Å²) in [4.78, 5) is 0. The maximum absolute atomic E-state index is 4.48. The van der Waals surface area contributed by atoms with Crippen LogP contribution in [0.3, 0.4) is 0 Å². The fourth-order valence-corrected chi connectivity index (χ4v) is 0.255. The summed E-state index contributed by atoms with van der Waals surface area (Å²) < 4.78 is 0.384. The Morgan fingerprint density at radius 2 is 2.00 bits per heavy atom. The van der Waals surface area contributed by atoms with Crippen molar-refractivity contribution in [1.82, 2.24) is 20.6 Å². The topological polar surface area (TPSA) is 57.4 Å². The van der Waals surface area contributed by atoms with E-state index in [9.17, 15) is 0 Å². The van der Waals surface area contributed by atoms with Gasteiger partial charge in [0.15, 0.2) is 0 Å². The van der Waals surface area contributed by atoms with Crippen molar-refractivity contribution in [3.05, 3.63) is 4.77 Å². The first-order chi connectivity index (χ1) is 2.89. The molecule has 0 atom stereocenters. The van der Waals surface area contributed by atoms with Crippen molar-refractivity contribution in [2.75, 3.05) is 0 Å². The molecule has 1 heterocycles. The number of aromatic amines is 2. The van der Waals surface area contributed by atoms with Gasteiger partial charge in [0.05, 0.1) is 0 Å². The Morgan fingerprint density at radius 3 is 2.12 bits per heavy atom. The monoisotopic (exact) mass is 148 g/mol. The van der Waals surface area contributed by atoms with Gasteiger partial charge in [-0.1, -0.05) is 10.3 Å². The van der Waals surface area contributed by atoms with Gasteiger partial charge in [-0.25, -0.2) is 0 Å². The van der Waals surface area contributed by atoms with Crippen molar-refractivity contribution in [1.29, 1.82) is 0 Å². The molecule has 0 aliphatic rings. The molecule has 0 saturated carbocycles. The molecule has 0 spiro atoms. The summed E-state index contributed by atoms with van der Waals surface area (Å²) in [6.45, 7) is 0. The fraction of sp³-hybridized carbons (Fsp3) is 0.